The van der Waals surface area contributed by atoms with Gasteiger partial charge in [-0.25, -0.2) is 0 Å². The molecule has 0 spiro atoms. The van der Waals surface area contributed by atoms with Crippen LogP contribution in [0.5, 0.6) is 5.75 Å². The second kappa shape index (κ2) is 11.1. The molecular weight excluding hydrogens is 520 g/mol. The lowest BCUT2D eigenvalue weighted by molar-refractivity contribution is -0.144. The highest BCUT2D eigenvalue weighted by Gasteiger charge is 2.56. The molecule has 5 rings (SSSR count). The minimum absolute atomic E-state index is 0.129. The van der Waals surface area contributed by atoms with Crippen molar-refractivity contribution in [1.29, 1.82) is 0 Å². The van der Waals surface area contributed by atoms with E-state index in [4.69, 9.17) is 22.1 Å². The molecule has 196 valence electrons. The Labute approximate surface area is 231 Å². The lowest BCUT2D eigenvalue weighted by Gasteiger charge is -2.35. The Morgan fingerprint density at radius 2 is 1.82 bits per heavy atom. The van der Waals surface area contributed by atoms with Crippen molar-refractivity contribution in [3.8, 4) is 5.75 Å². The first kappa shape index (κ1) is 26.2. The van der Waals surface area contributed by atoms with Crippen LogP contribution in [0.15, 0.2) is 72.8 Å². The van der Waals surface area contributed by atoms with E-state index in [1.54, 1.807) is 30.2 Å². The molecular formula is C30H29ClN2O4S. The Balaban J connectivity index is 1.69. The van der Waals surface area contributed by atoms with Crippen molar-refractivity contribution in [1.82, 2.24) is 4.90 Å². The Hall–Kier alpha value is -3.42. The van der Waals surface area contributed by atoms with Crippen LogP contribution in [0.1, 0.15) is 46.0 Å². The number of thiophene rings is 1. The number of hydrogen-bond acceptors (Lipinski definition) is 5. The molecule has 1 aliphatic heterocycles. The number of nitrogens with zero attached hydrogens (tertiary/aromatic N) is 1. The van der Waals surface area contributed by atoms with Gasteiger partial charge >= 0.3 is 0 Å². The third-order valence-electron chi connectivity index (χ3n) is 7.60. The molecule has 2 fully saturated rings. The van der Waals surface area contributed by atoms with Crippen molar-refractivity contribution in [2.24, 2.45) is 17.6 Å². The molecule has 8 heteroatoms. The van der Waals surface area contributed by atoms with E-state index in [0.29, 0.717) is 15.0 Å². The van der Waals surface area contributed by atoms with Crippen LogP contribution < -0.4 is 10.5 Å². The molecule has 2 aliphatic rings. The van der Waals surface area contributed by atoms with Crippen LogP contribution in [-0.2, 0) is 9.59 Å². The van der Waals surface area contributed by atoms with Gasteiger partial charge in [0.15, 0.2) is 5.78 Å². The van der Waals surface area contributed by atoms with Gasteiger partial charge in [0, 0.05) is 11.8 Å². The monoisotopic (exact) mass is 548 g/mol. The summed E-state index contributed by atoms with van der Waals surface area (Å²) in [5.41, 5.74) is 7.68. The molecule has 2 N–H and O–H groups in total. The summed E-state index contributed by atoms with van der Waals surface area (Å²) in [4.78, 5) is 43.3. The van der Waals surface area contributed by atoms with Crippen LogP contribution in [0.3, 0.4) is 0 Å². The first-order valence-electron chi connectivity index (χ1n) is 12.7. The minimum Gasteiger partial charge on any atom is -0.497 e. The van der Waals surface area contributed by atoms with Crippen LogP contribution >= 0.6 is 22.9 Å². The maximum absolute atomic E-state index is 14.2. The number of primary amides is 1. The van der Waals surface area contributed by atoms with Gasteiger partial charge in [-0.3, -0.25) is 14.4 Å². The fourth-order valence-corrected chi connectivity index (χ4v) is 6.59. The van der Waals surface area contributed by atoms with Gasteiger partial charge in [0.05, 0.1) is 28.3 Å². The molecule has 2 heterocycles. The van der Waals surface area contributed by atoms with E-state index in [1.807, 2.05) is 60.7 Å². The molecule has 4 unspecified atom stereocenters. The standard InChI is InChI=1S/C30H29ClN2O4S/c1-37-21-12-6-11-20(17-21)25-26(28(34)23-15-16-24(31)38-23)22(14-13-18-7-3-2-4-8-18)33(27(25)29(32)35)30(36)19-9-5-10-19/h2-4,6-8,11-17,19,22,25-27H,5,9-10H2,1H3,(H2,32,35). The smallest absolute Gasteiger partial charge is 0.240 e. The summed E-state index contributed by atoms with van der Waals surface area (Å²) in [7, 11) is 1.56. The third-order valence-corrected chi connectivity index (χ3v) is 8.84. The number of methoxy groups -OCH3 is 1. The van der Waals surface area contributed by atoms with Gasteiger partial charge in [-0.2, -0.15) is 0 Å². The van der Waals surface area contributed by atoms with Gasteiger partial charge in [0.25, 0.3) is 0 Å². The van der Waals surface area contributed by atoms with Crippen molar-refractivity contribution in [3.63, 3.8) is 0 Å². The van der Waals surface area contributed by atoms with Crippen molar-refractivity contribution in [2.75, 3.05) is 7.11 Å². The number of ether oxygens (including phenoxy) is 1. The van der Waals surface area contributed by atoms with E-state index in [1.165, 1.54) is 11.3 Å². The molecule has 1 saturated heterocycles. The van der Waals surface area contributed by atoms with E-state index in [2.05, 4.69) is 0 Å². The quantitative estimate of drug-likeness (QED) is 0.373. The third kappa shape index (κ3) is 5.00. The van der Waals surface area contributed by atoms with Crippen LogP contribution in [0, 0.1) is 11.8 Å². The Morgan fingerprint density at radius 3 is 2.42 bits per heavy atom. The molecule has 2 amide bonds. The number of carbonyl (C=O) groups excluding carboxylic acids is 3. The SMILES string of the molecule is COc1cccc(C2C(C(=O)c3ccc(Cl)s3)C(C=Cc3ccccc3)N(C(=O)C3CCC3)C2C(N)=O)c1. The highest BCUT2D eigenvalue weighted by Crippen LogP contribution is 2.47. The molecule has 4 atom stereocenters. The number of likely N-dealkylation sites (tertiary alicyclic amines) is 1. The summed E-state index contributed by atoms with van der Waals surface area (Å²) in [6, 6.07) is 18.7. The number of amides is 2. The van der Waals surface area contributed by atoms with Crippen LogP contribution in [0.25, 0.3) is 6.08 Å². The van der Waals surface area contributed by atoms with Crippen molar-refractivity contribution < 1.29 is 19.1 Å². The number of carbonyl (C=O) groups is 3. The van der Waals surface area contributed by atoms with Crippen LogP contribution in [0.4, 0.5) is 0 Å². The summed E-state index contributed by atoms with van der Waals surface area (Å²) in [6.45, 7) is 0. The zero-order valence-electron chi connectivity index (χ0n) is 21.0. The maximum Gasteiger partial charge on any atom is 0.240 e. The second-order valence-electron chi connectivity index (χ2n) is 9.78. The average molecular weight is 549 g/mol. The van der Waals surface area contributed by atoms with Gasteiger partial charge in [-0.1, -0.05) is 72.6 Å². The molecule has 6 nitrogen and oxygen atoms in total. The molecule has 38 heavy (non-hydrogen) atoms. The van der Waals surface area contributed by atoms with Crippen LogP contribution in [0.2, 0.25) is 4.34 Å². The maximum atomic E-state index is 14.2. The number of benzene rings is 2. The first-order valence-corrected chi connectivity index (χ1v) is 13.9. The topological polar surface area (TPSA) is 89.7 Å². The van der Waals surface area contributed by atoms with Gasteiger partial charge in [-0.15, -0.1) is 11.3 Å². The Morgan fingerprint density at radius 1 is 1.05 bits per heavy atom. The van der Waals surface area contributed by atoms with Gasteiger partial charge in [0.2, 0.25) is 11.8 Å². The molecule has 2 aromatic carbocycles. The Kier molecular flexibility index (Phi) is 7.68. The van der Waals surface area contributed by atoms with E-state index in [-0.39, 0.29) is 17.6 Å². The zero-order valence-corrected chi connectivity index (χ0v) is 22.5. The molecule has 1 aromatic heterocycles. The van der Waals surface area contributed by atoms with Crippen molar-refractivity contribution >= 4 is 46.6 Å². The molecule has 1 aliphatic carbocycles. The molecule has 1 saturated carbocycles. The lowest BCUT2D eigenvalue weighted by atomic mass is 9.78. The molecule has 3 aromatic rings. The zero-order chi connectivity index (χ0) is 26.8. The summed E-state index contributed by atoms with van der Waals surface area (Å²) < 4.78 is 5.95. The largest absolute Gasteiger partial charge is 0.497 e. The Bertz CT molecular complexity index is 1370. The number of Topliss-reactive ketones (excluding diaryl/α,β-unsaturated/α-hetero) is 1. The number of rotatable bonds is 8. The summed E-state index contributed by atoms with van der Waals surface area (Å²) in [5, 5.41) is 0. The molecule has 0 bridgehead atoms. The number of halogens is 1. The molecule has 0 radical (unpaired) electrons. The van der Waals surface area contributed by atoms with E-state index in [0.717, 1.165) is 30.4 Å². The first-order chi connectivity index (χ1) is 18.4. The minimum atomic E-state index is -0.995. The number of hydrogen-bond donors (Lipinski definition) is 1. The second-order valence-corrected chi connectivity index (χ2v) is 11.5. The predicted octanol–water partition coefficient (Wildman–Crippen LogP) is 5.57. The highest BCUT2D eigenvalue weighted by atomic mass is 35.5. The van der Waals surface area contributed by atoms with E-state index >= 15 is 0 Å². The van der Waals surface area contributed by atoms with Crippen molar-refractivity contribution in [3.05, 3.63) is 93.1 Å². The number of ketones is 1. The van der Waals surface area contributed by atoms with Gasteiger partial charge < -0.3 is 15.4 Å². The fourth-order valence-electron chi connectivity index (χ4n) is 5.56. The average Bonchev–Trinajstić information content (AvgIpc) is 3.48. The normalized spacial score (nSPS) is 23.4. The lowest BCUT2D eigenvalue weighted by Crippen LogP contribution is -2.51. The highest BCUT2D eigenvalue weighted by molar-refractivity contribution is 7.18. The van der Waals surface area contributed by atoms with Crippen molar-refractivity contribution in [2.45, 2.75) is 37.3 Å². The van der Waals surface area contributed by atoms with Gasteiger partial charge in [0.1, 0.15) is 11.8 Å². The predicted molar refractivity (Wildman–Crippen MR) is 149 cm³/mol. The number of nitrogens with two attached hydrogens (primary N) is 1. The summed E-state index contributed by atoms with van der Waals surface area (Å²) >= 11 is 7.40. The summed E-state index contributed by atoms with van der Waals surface area (Å²) in [5.74, 6) is -1.94. The summed E-state index contributed by atoms with van der Waals surface area (Å²) in [6.07, 6.45) is 6.27. The van der Waals surface area contributed by atoms with Gasteiger partial charge in [-0.05, 0) is 48.2 Å². The van der Waals surface area contributed by atoms with E-state index < -0.39 is 29.8 Å². The fraction of sp³-hybridized carbons (Fsp3) is 0.300. The van der Waals surface area contributed by atoms with Crippen LogP contribution in [-0.4, -0.2) is 41.7 Å². The van der Waals surface area contributed by atoms with E-state index in [9.17, 15) is 14.4 Å².